The van der Waals surface area contributed by atoms with Crippen LogP contribution in [-0.4, -0.2) is 17.5 Å². The maximum Gasteiger partial charge on any atom is 0.265 e. The lowest BCUT2D eigenvalue weighted by Gasteiger charge is -2.44. The SMILES string of the molecule is CC12CC(=O)Nc3ccccc3N1C(=O)C(c1ccccc1)=C(c1ccccc1)O2. The Kier molecular flexibility index (Phi) is 4.17. The number of benzene rings is 3. The maximum atomic E-state index is 14.0. The maximum absolute atomic E-state index is 14.0. The first-order valence-corrected chi connectivity index (χ1v) is 9.84. The van der Waals surface area contributed by atoms with Gasteiger partial charge in [-0.2, -0.15) is 0 Å². The molecule has 0 aliphatic carbocycles. The van der Waals surface area contributed by atoms with Crippen molar-refractivity contribution in [2.24, 2.45) is 0 Å². The second-order valence-corrected chi connectivity index (χ2v) is 7.60. The van der Waals surface area contributed by atoms with Gasteiger partial charge in [-0.15, -0.1) is 0 Å². The van der Waals surface area contributed by atoms with Gasteiger partial charge in [-0.1, -0.05) is 72.8 Å². The second-order valence-electron chi connectivity index (χ2n) is 7.60. The van der Waals surface area contributed by atoms with E-state index in [1.807, 2.05) is 78.9 Å². The van der Waals surface area contributed by atoms with Gasteiger partial charge in [-0.05, 0) is 24.6 Å². The molecule has 5 rings (SSSR count). The molecule has 1 unspecified atom stereocenters. The lowest BCUT2D eigenvalue weighted by molar-refractivity contribution is -0.124. The molecule has 30 heavy (non-hydrogen) atoms. The Morgan fingerprint density at radius 1 is 0.833 bits per heavy atom. The van der Waals surface area contributed by atoms with Gasteiger partial charge in [0, 0.05) is 5.56 Å². The van der Waals surface area contributed by atoms with Crippen LogP contribution in [0.1, 0.15) is 24.5 Å². The number of amides is 2. The number of carbonyl (C=O) groups is 2. The number of nitrogens with one attached hydrogen (secondary N) is 1. The van der Waals surface area contributed by atoms with Crippen molar-refractivity contribution in [3.8, 4) is 0 Å². The Morgan fingerprint density at radius 2 is 1.43 bits per heavy atom. The third-order valence-electron chi connectivity index (χ3n) is 5.45. The summed E-state index contributed by atoms with van der Waals surface area (Å²) in [6, 6.07) is 26.4. The zero-order valence-electron chi connectivity index (χ0n) is 16.5. The molecule has 1 atom stereocenters. The molecule has 3 aromatic rings. The fraction of sp³-hybridized carbons (Fsp3) is 0.120. The van der Waals surface area contributed by atoms with E-state index in [1.165, 1.54) is 0 Å². The van der Waals surface area contributed by atoms with Crippen molar-refractivity contribution in [3.63, 3.8) is 0 Å². The summed E-state index contributed by atoms with van der Waals surface area (Å²) >= 11 is 0. The minimum Gasteiger partial charge on any atom is -0.466 e. The Bertz CT molecular complexity index is 1170. The predicted octanol–water partition coefficient (Wildman–Crippen LogP) is 4.68. The van der Waals surface area contributed by atoms with Crippen molar-refractivity contribution in [2.75, 3.05) is 10.2 Å². The zero-order chi connectivity index (χ0) is 20.7. The Hall–Kier alpha value is -3.86. The van der Waals surface area contributed by atoms with Crippen molar-refractivity contribution < 1.29 is 14.3 Å². The van der Waals surface area contributed by atoms with E-state index in [0.29, 0.717) is 22.7 Å². The van der Waals surface area contributed by atoms with E-state index in [2.05, 4.69) is 5.32 Å². The summed E-state index contributed by atoms with van der Waals surface area (Å²) in [5.74, 6) is 0.0892. The molecule has 0 aromatic heterocycles. The van der Waals surface area contributed by atoms with Gasteiger partial charge in [-0.3, -0.25) is 14.5 Å². The van der Waals surface area contributed by atoms with Crippen LogP contribution in [-0.2, 0) is 14.3 Å². The normalized spacial score (nSPS) is 20.6. The molecule has 0 saturated carbocycles. The second kappa shape index (κ2) is 6.88. The number of ether oxygens (including phenoxy) is 1. The average molecular weight is 396 g/mol. The van der Waals surface area contributed by atoms with E-state index in [-0.39, 0.29) is 18.2 Å². The summed E-state index contributed by atoms with van der Waals surface area (Å²) < 4.78 is 6.53. The van der Waals surface area contributed by atoms with Crippen LogP contribution in [0.25, 0.3) is 11.3 Å². The van der Waals surface area contributed by atoms with Crippen LogP contribution in [0.2, 0.25) is 0 Å². The summed E-state index contributed by atoms with van der Waals surface area (Å²) in [5, 5.41) is 2.90. The van der Waals surface area contributed by atoms with Gasteiger partial charge in [0.1, 0.15) is 5.76 Å². The minimum atomic E-state index is -1.16. The number of hydrogen-bond acceptors (Lipinski definition) is 3. The van der Waals surface area contributed by atoms with Gasteiger partial charge in [0.15, 0.2) is 5.72 Å². The molecule has 2 aliphatic rings. The molecule has 5 nitrogen and oxygen atoms in total. The molecular weight excluding hydrogens is 376 g/mol. The summed E-state index contributed by atoms with van der Waals surface area (Å²) in [6.45, 7) is 1.79. The van der Waals surface area contributed by atoms with Gasteiger partial charge in [0.25, 0.3) is 5.91 Å². The molecule has 2 aliphatic heterocycles. The van der Waals surface area contributed by atoms with E-state index in [9.17, 15) is 9.59 Å². The zero-order valence-corrected chi connectivity index (χ0v) is 16.5. The van der Waals surface area contributed by atoms with Crippen molar-refractivity contribution >= 4 is 34.5 Å². The Morgan fingerprint density at radius 3 is 2.13 bits per heavy atom. The van der Waals surface area contributed by atoms with E-state index in [0.717, 1.165) is 11.1 Å². The molecule has 0 bridgehead atoms. The fourth-order valence-corrected chi connectivity index (χ4v) is 4.14. The molecule has 0 spiro atoms. The summed E-state index contributed by atoms with van der Waals surface area (Å²) in [4.78, 5) is 28.3. The monoisotopic (exact) mass is 396 g/mol. The van der Waals surface area contributed by atoms with Crippen LogP contribution in [0.15, 0.2) is 84.9 Å². The molecule has 0 saturated heterocycles. The largest absolute Gasteiger partial charge is 0.466 e. The quantitative estimate of drug-likeness (QED) is 0.684. The van der Waals surface area contributed by atoms with Crippen molar-refractivity contribution in [3.05, 3.63) is 96.1 Å². The highest BCUT2D eigenvalue weighted by Gasteiger charge is 2.49. The fourth-order valence-electron chi connectivity index (χ4n) is 4.14. The molecule has 3 aromatic carbocycles. The molecule has 2 heterocycles. The minimum absolute atomic E-state index is 0.0197. The van der Waals surface area contributed by atoms with Crippen LogP contribution < -0.4 is 10.2 Å². The van der Waals surface area contributed by atoms with Gasteiger partial charge in [-0.25, -0.2) is 0 Å². The number of fused-ring (bicyclic) bond motifs is 3. The van der Waals surface area contributed by atoms with Gasteiger partial charge < -0.3 is 10.1 Å². The van der Waals surface area contributed by atoms with Crippen molar-refractivity contribution in [1.82, 2.24) is 0 Å². The van der Waals surface area contributed by atoms with Crippen molar-refractivity contribution in [1.29, 1.82) is 0 Å². The number of carbonyl (C=O) groups excluding carboxylic acids is 2. The lowest BCUT2D eigenvalue weighted by Crippen LogP contribution is -2.55. The summed E-state index contributed by atoms with van der Waals surface area (Å²) in [7, 11) is 0. The van der Waals surface area contributed by atoms with Gasteiger partial charge in [0.05, 0.1) is 23.4 Å². The smallest absolute Gasteiger partial charge is 0.265 e. The van der Waals surface area contributed by atoms with Crippen LogP contribution >= 0.6 is 0 Å². The number of anilines is 2. The highest BCUT2D eigenvalue weighted by Crippen LogP contribution is 2.46. The first-order chi connectivity index (χ1) is 14.6. The Balaban J connectivity index is 1.78. The first-order valence-electron chi connectivity index (χ1n) is 9.84. The highest BCUT2D eigenvalue weighted by atomic mass is 16.5. The molecule has 0 fully saturated rings. The molecule has 5 heteroatoms. The number of rotatable bonds is 2. The highest BCUT2D eigenvalue weighted by molar-refractivity contribution is 6.33. The van der Waals surface area contributed by atoms with E-state index in [4.69, 9.17) is 4.74 Å². The number of nitrogens with zero attached hydrogens (tertiary/aromatic N) is 1. The average Bonchev–Trinajstić information content (AvgIpc) is 2.87. The van der Waals surface area contributed by atoms with Crippen molar-refractivity contribution in [2.45, 2.75) is 19.1 Å². The lowest BCUT2D eigenvalue weighted by atomic mass is 9.94. The molecule has 148 valence electrons. The van der Waals surface area contributed by atoms with E-state index in [1.54, 1.807) is 17.9 Å². The first kappa shape index (κ1) is 18.2. The third-order valence-corrected chi connectivity index (χ3v) is 5.45. The van der Waals surface area contributed by atoms with Crippen LogP contribution in [0.3, 0.4) is 0 Å². The van der Waals surface area contributed by atoms with Crippen LogP contribution in [0, 0.1) is 0 Å². The predicted molar refractivity (Wildman–Crippen MR) is 116 cm³/mol. The van der Waals surface area contributed by atoms with E-state index >= 15 is 0 Å². The molecule has 2 amide bonds. The van der Waals surface area contributed by atoms with Gasteiger partial charge >= 0.3 is 0 Å². The molecular formula is C25H20N2O3. The standard InChI is InChI=1S/C25H20N2O3/c1-25-16-21(28)26-19-14-8-9-15-20(19)27(25)24(29)22(17-10-4-2-5-11-17)23(30-25)18-12-6-3-7-13-18/h2-15H,16H2,1H3,(H,26,28). The number of hydrogen-bond donors (Lipinski definition) is 1. The molecule has 0 radical (unpaired) electrons. The third kappa shape index (κ3) is 2.87. The number of para-hydroxylation sites is 2. The van der Waals surface area contributed by atoms with E-state index < -0.39 is 5.72 Å². The molecule has 1 N–H and O–H groups in total. The Labute approximate surface area is 174 Å². The summed E-state index contributed by atoms with van der Waals surface area (Å²) in [6.07, 6.45) is 0.0197. The van der Waals surface area contributed by atoms with Crippen LogP contribution in [0.5, 0.6) is 0 Å². The van der Waals surface area contributed by atoms with Crippen LogP contribution in [0.4, 0.5) is 11.4 Å². The summed E-state index contributed by atoms with van der Waals surface area (Å²) in [5.41, 5.74) is 2.10. The van der Waals surface area contributed by atoms with Gasteiger partial charge in [0.2, 0.25) is 5.91 Å². The topological polar surface area (TPSA) is 58.6 Å².